The van der Waals surface area contributed by atoms with Gasteiger partial charge in [-0.3, -0.25) is 0 Å². The van der Waals surface area contributed by atoms with E-state index in [4.69, 9.17) is 0 Å². The average Bonchev–Trinajstić information content (AvgIpc) is 2.73. The monoisotopic (exact) mass is 372 g/mol. The van der Waals surface area contributed by atoms with Crippen molar-refractivity contribution in [1.82, 2.24) is 0 Å². The fourth-order valence-electron chi connectivity index (χ4n) is 3.60. The van der Waals surface area contributed by atoms with Gasteiger partial charge in [0.05, 0.1) is 0 Å². The van der Waals surface area contributed by atoms with Crippen molar-refractivity contribution < 1.29 is 0 Å². The van der Waals surface area contributed by atoms with Gasteiger partial charge in [0.1, 0.15) is 0 Å². The molecule has 0 amide bonds. The highest BCUT2D eigenvalue weighted by molar-refractivity contribution is 5.99. The van der Waals surface area contributed by atoms with Gasteiger partial charge in [0.25, 0.3) is 0 Å². The summed E-state index contributed by atoms with van der Waals surface area (Å²) in [7, 11) is 0. The molecule has 2 rings (SSSR count). The minimum atomic E-state index is 1.01. The Kier molecular flexibility index (Phi) is 9.55. The fraction of sp³-hybridized carbons (Fsp3) is 0.357. The van der Waals surface area contributed by atoms with E-state index in [1.54, 1.807) is 0 Å². The van der Waals surface area contributed by atoms with Crippen molar-refractivity contribution in [2.75, 3.05) is 0 Å². The third kappa shape index (κ3) is 6.37. The molecule has 0 N–H and O–H groups in total. The number of benzene rings is 2. The van der Waals surface area contributed by atoms with E-state index in [2.05, 4.69) is 101 Å². The molecule has 0 aromatic heterocycles. The Bertz CT molecular complexity index is 786. The van der Waals surface area contributed by atoms with E-state index in [1.807, 2.05) is 0 Å². The Labute approximate surface area is 172 Å². The topological polar surface area (TPSA) is 0 Å². The van der Waals surface area contributed by atoms with Gasteiger partial charge >= 0.3 is 0 Å². The van der Waals surface area contributed by atoms with Crippen LogP contribution in [-0.2, 0) is 0 Å². The predicted octanol–water partition coefficient (Wildman–Crippen LogP) is 8.79. The van der Waals surface area contributed by atoms with E-state index >= 15 is 0 Å². The molecule has 0 aliphatic rings. The first-order valence-electron chi connectivity index (χ1n) is 10.9. The van der Waals surface area contributed by atoms with Crippen LogP contribution in [0.15, 0.2) is 78.4 Å². The minimum Gasteiger partial charge on any atom is -0.0839 e. The summed E-state index contributed by atoms with van der Waals surface area (Å²) >= 11 is 0. The van der Waals surface area contributed by atoms with Crippen molar-refractivity contribution in [2.45, 2.75) is 66.2 Å². The molecule has 0 saturated carbocycles. The Morgan fingerprint density at radius 2 is 1.54 bits per heavy atom. The van der Waals surface area contributed by atoms with Crippen molar-refractivity contribution >= 4 is 11.1 Å². The van der Waals surface area contributed by atoms with Gasteiger partial charge < -0.3 is 0 Å². The molecule has 0 aliphatic heterocycles. The van der Waals surface area contributed by atoms with Crippen molar-refractivity contribution in [3.8, 4) is 0 Å². The molecule has 0 radical (unpaired) electrons. The largest absolute Gasteiger partial charge is 0.0839 e. The minimum absolute atomic E-state index is 1.01. The number of allylic oxidation sites excluding steroid dienone is 6. The second-order valence-electron chi connectivity index (χ2n) is 7.41. The zero-order chi connectivity index (χ0) is 20.2. The van der Waals surface area contributed by atoms with Crippen LogP contribution in [0.2, 0.25) is 0 Å². The van der Waals surface area contributed by atoms with Crippen LogP contribution in [-0.4, -0.2) is 0 Å². The zero-order valence-electron chi connectivity index (χ0n) is 18.2. The maximum atomic E-state index is 2.38. The van der Waals surface area contributed by atoms with Gasteiger partial charge in [0.15, 0.2) is 0 Å². The van der Waals surface area contributed by atoms with Gasteiger partial charge in [-0.05, 0) is 60.5 Å². The van der Waals surface area contributed by atoms with E-state index in [9.17, 15) is 0 Å². The van der Waals surface area contributed by atoms with Gasteiger partial charge in [-0.1, -0.05) is 112 Å². The van der Waals surface area contributed by atoms with Gasteiger partial charge in [-0.2, -0.15) is 0 Å². The lowest BCUT2D eigenvalue weighted by Crippen LogP contribution is -1.96. The highest BCUT2D eigenvalue weighted by Gasteiger charge is 2.13. The number of aryl methyl sites for hydroxylation is 1. The molecular weight excluding hydrogens is 336 g/mol. The van der Waals surface area contributed by atoms with Crippen LogP contribution in [0.3, 0.4) is 0 Å². The Morgan fingerprint density at radius 3 is 2.14 bits per heavy atom. The Hall–Kier alpha value is -2.34. The molecule has 0 unspecified atom stereocenters. The molecule has 0 fully saturated rings. The molecule has 0 heteroatoms. The Balaban J connectivity index is 2.56. The van der Waals surface area contributed by atoms with Crippen molar-refractivity contribution in [3.63, 3.8) is 0 Å². The second kappa shape index (κ2) is 12.2. The van der Waals surface area contributed by atoms with E-state index in [1.165, 1.54) is 52.7 Å². The average molecular weight is 373 g/mol. The maximum Gasteiger partial charge on any atom is -0.00768 e. The van der Waals surface area contributed by atoms with Crippen molar-refractivity contribution in [3.05, 3.63) is 95.1 Å². The van der Waals surface area contributed by atoms with Crippen LogP contribution < -0.4 is 0 Å². The maximum absolute atomic E-state index is 2.38. The van der Waals surface area contributed by atoms with Crippen LogP contribution in [0, 0.1) is 6.92 Å². The quantitative estimate of drug-likeness (QED) is 0.222. The van der Waals surface area contributed by atoms with E-state index < -0.39 is 0 Å². The molecule has 0 nitrogen and oxygen atoms in total. The summed E-state index contributed by atoms with van der Waals surface area (Å²) < 4.78 is 0. The summed E-state index contributed by atoms with van der Waals surface area (Å²) in [5, 5.41) is 0. The third-order valence-electron chi connectivity index (χ3n) is 5.10. The third-order valence-corrected chi connectivity index (χ3v) is 5.10. The normalized spacial score (nSPS) is 13.1. The lowest BCUT2D eigenvalue weighted by atomic mass is 9.87. The second-order valence-corrected chi connectivity index (χ2v) is 7.41. The molecule has 2 aromatic carbocycles. The number of rotatable bonds is 10. The molecule has 0 heterocycles. The summed E-state index contributed by atoms with van der Waals surface area (Å²) in [6.07, 6.45) is 14.2. The SMILES string of the molecule is CC/C=C(\C=C/CCCCC)C(=C(/CC)c1ccccc1)/c1ccc(C)cc1. The smallest absolute Gasteiger partial charge is 0.00768 e. The number of hydrogen-bond donors (Lipinski definition) is 0. The molecule has 28 heavy (non-hydrogen) atoms. The van der Waals surface area contributed by atoms with Crippen molar-refractivity contribution in [1.29, 1.82) is 0 Å². The predicted molar refractivity (Wildman–Crippen MR) is 126 cm³/mol. The lowest BCUT2D eigenvalue weighted by Gasteiger charge is -2.17. The van der Waals surface area contributed by atoms with E-state index in [-0.39, 0.29) is 0 Å². The first kappa shape index (κ1) is 22.0. The molecule has 0 spiro atoms. The summed E-state index contributed by atoms with van der Waals surface area (Å²) in [6.45, 7) is 8.91. The summed E-state index contributed by atoms with van der Waals surface area (Å²) in [6, 6.07) is 19.9. The van der Waals surface area contributed by atoms with Crippen molar-refractivity contribution in [2.24, 2.45) is 0 Å². The molecular formula is C28H36. The standard InChI is InChI=1S/C28H36/c1-5-8-9-10-12-18-25(15-6-2)28(26-21-19-23(4)20-22-26)27(7-3)24-16-13-11-14-17-24/h11-22H,5-10H2,1-4H3/b18-12-,25-15+,28-27+. The van der Waals surface area contributed by atoms with Gasteiger partial charge in [-0.25, -0.2) is 0 Å². The van der Waals surface area contributed by atoms with Crippen LogP contribution in [0.4, 0.5) is 0 Å². The van der Waals surface area contributed by atoms with E-state index in [0.717, 1.165) is 19.3 Å². The number of unbranched alkanes of at least 4 members (excludes halogenated alkanes) is 3. The summed E-state index contributed by atoms with van der Waals surface area (Å²) in [4.78, 5) is 0. The zero-order valence-corrected chi connectivity index (χ0v) is 18.2. The van der Waals surface area contributed by atoms with E-state index in [0.29, 0.717) is 0 Å². The van der Waals surface area contributed by atoms with Crippen LogP contribution in [0.25, 0.3) is 11.1 Å². The first-order chi connectivity index (χ1) is 13.7. The van der Waals surface area contributed by atoms with Crippen LogP contribution in [0.5, 0.6) is 0 Å². The van der Waals surface area contributed by atoms with Gasteiger partial charge in [0, 0.05) is 0 Å². The highest BCUT2D eigenvalue weighted by atomic mass is 14.2. The molecule has 148 valence electrons. The van der Waals surface area contributed by atoms with Crippen LogP contribution in [0.1, 0.15) is 76.0 Å². The first-order valence-corrected chi connectivity index (χ1v) is 10.9. The summed E-state index contributed by atoms with van der Waals surface area (Å²) in [5.74, 6) is 0. The molecule has 0 aliphatic carbocycles. The number of hydrogen-bond acceptors (Lipinski definition) is 0. The molecule has 2 aromatic rings. The lowest BCUT2D eigenvalue weighted by molar-refractivity contribution is 0.729. The molecule has 0 bridgehead atoms. The Morgan fingerprint density at radius 1 is 0.821 bits per heavy atom. The highest BCUT2D eigenvalue weighted by Crippen LogP contribution is 2.35. The summed E-state index contributed by atoms with van der Waals surface area (Å²) in [5.41, 5.74) is 8.08. The van der Waals surface area contributed by atoms with Gasteiger partial charge in [0.2, 0.25) is 0 Å². The van der Waals surface area contributed by atoms with Gasteiger partial charge in [-0.15, -0.1) is 0 Å². The molecule has 0 saturated heterocycles. The van der Waals surface area contributed by atoms with Crippen LogP contribution >= 0.6 is 0 Å². The fourth-order valence-corrected chi connectivity index (χ4v) is 3.60. The molecule has 0 atom stereocenters.